The van der Waals surface area contributed by atoms with Crippen LogP contribution in [0.4, 0.5) is 0 Å². The summed E-state index contributed by atoms with van der Waals surface area (Å²) in [6.45, 7) is 0. The summed E-state index contributed by atoms with van der Waals surface area (Å²) in [4.78, 5) is 21.5. The van der Waals surface area contributed by atoms with Crippen LogP contribution in [-0.2, 0) is 0 Å². The van der Waals surface area contributed by atoms with E-state index in [1.165, 1.54) is 15.9 Å². The minimum absolute atomic E-state index is 0.201. The maximum absolute atomic E-state index is 12.5. The van der Waals surface area contributed by atoms with Crippen molar-refractivity contribution in [3.63, 3.8) is 0 Å². The summed E-state index contributed by atoms with van der Waals surface area (Å²) in [5.41, 5.74) is 1.37. The molecule has 1 aromatic carbocycles. The van der Waals surface area contributed by atoms with Gasteiger partial charge >= 0.3 is 0 Å². The van der Waals surface area contributed by atoms with E-state index >= 15 is 0 Å². The Labute approximate surface area is 139 Å². The molecule has 0 saturated carbocycles. The van der Waals surface area contributed by atoms with Crippen molar-refractivity contribution in [1.29, 1.82) is 0 Å². The summed E-state index contributed by atoms with van der Waals surface area (Å²) in [6.07, 6.45) is 5.10. The lowest BCUT2D eigenvalue weighted by Crippen LogP contribution is -2.23. The third kappa shape index (κ3) is 2.52. The molecule has 4 rings (SSSR count). The second-order valence-electron chi connectivity index (χ2n) is 4.81. The molecule has 0 atom stereocenters. The van der Waals surface area contributed by atoms with Gasteiger partial charge in [-0.15, -0.1) is 5.10 Å². The number of thiazole rings is 1. The summed E-state index contributed by atoms with van der Waals surface area (Å²) in [7, 11) is 0. The molecular weight excluding hydrogens is 332 g/mol. The second-order valence-corrected chi connectivity index (χ2v) is 6.23. The van der Waals surface area contributed by atoms with E-state index in [4.69, 9.17) is 11.6 Å². The van der Waals surface area contributed by atoms with Crippen molar-refractivity contribution < 1.29 is 0 Å². The molecule has 0 radical (unpaired) electrons. The van der Waals surface area contributed by atoms with Crippen LogP contribution in [0.3, 0.4) is 0 Å². The molecule has 0 aliphatic heterocycles. The van der Waals surface area contributed by atoms with Crippen LogP contribution in [0.5, 0.6) is 0 Å². The molecule has 0 fully saturated rings. The molecule has 23 heavy (non-hydrogen) atoms. The molecule has 3 aromatic heterocycles. The van der Waals surface area contributed by atoms with Gasteiger partial charge in [0.15, 0.2) is 5.82 Å². The van der Waals surface area contributed by atoms with Gasteiger partial charge in [0.1, 0.15) is 0 Å². The van der Waals surface area contributed by atoms with Crippen molar-refractivity contribution in [3.8, 4) is 11.4 Å². The number of rotatable bonds is 2. The van der Waals surface area contributed by atoms with Gasteiger partial charge in [0, 0.05) is 23.0 Å². The van der Waals surface area contributed by atoms with E-state index in [0.717, 1.165) is 11.1 Å². The quantitative estimate of drug-likeness (QED) is 0.562. The molecule has 0 bridgehead atoms. The molecule has 0 saturated heterocycles. The molecule has 0 aliphatic carbocycles. The number of benzene rings is 1. The molecule has 0 spiro atoms. The summed E-state index contributed by atoms with van der Waals surface area (Å²) < 4.78 is 1.86. The SMILES string of the molecule is O=c1c(=Cc2ccccc2Cl)sc2nc(-c3cccnc3)nn12. The average Bonchev–Trinajstić information content (AvgIpc) is 3.11. The fraction of sp³-hybridized carbons (Fsp3) is 0. The van der Waals surface area contributed by atoms with Gasteiger partial charge in [-0.05, 0) is 29.8 Å². The second kappa shape index (κ2) is 5.57. The Kier molecular flexibility index (Phi) is 3.40. The number of aromatic nitrogens is 4. The Hall–Kier alpha value is -2.57. The van der Waals surface area contributed by atoms with Gasteiger partial charge in [-0.1, -0.05) is 41.1 Å². The first-order valence-corrected chi connectivity index (χ1v) is 7.98. The molecule has 112 valence electrons. The van der Waals surface area contributed by atoms with E-state index in [9.17, 15) is 4.79 Å². The van der Waals surface area contributed by atoms with Crippen LogP contribution in [0.15, 0.2) is 53.6 Å². The zero-order chi connectivity index (χ0) is 15.8. The fourth-order valence-electron chi connectivity index (χ4n) is 2.18. The largest absolute Gasteiger partial charge is 0.291 e. The highest BCUT2D eigenvalue weighted by molar-refractivity contribution is 7.15. The van der Waals surface area contributed by atoms with Crippen LogP contribution in [0.2, 0.25) is 5.02 Å². The monoisotopic (exact) mass is 340 g/mol. The number of halogens is 1. The Bertz CT molecular complexity index is 1100. The Morgan fingerprint density at radius 2 is 2.04 bits per heavy atom. The lowest BCUT2D eigenvalue weighted by Gasteiger charge is -1.94. The van der Waals surface area contributed by atoms with Crippen molar-refractivity contribution in [1.82, 2.24) is 19.6 Å². The third-order valence-corrected chi connectivity index (χ3v) is 4.60. The van der Waals surface area contributed by atoms with E-state index in [0.29, 0.717) is 20.3 Å². The van der Waals surface area contributed by atoms with E-state index < -0.39 is 0 Å². The summed E-state index contributed by atoms with van der Waals surface area (Å²) in [5, 5.41) is 4.88. The predicted molar refractivity (Wildman–Crippen MR) is 90.6 cm³/mol. The van der Waals surface area contributed by atoms with Crippen molar-refractivity contribution in [2.45, 2.75) is 0 Å². The Balaban J connectivity index is 1.86. The zero-order valence-electron chi connectivity index (χ0n) is 11.7. The highest BCUT2D eigenvalue weighted by atomic mass is 35.5. The lowest BCUT2D eigenvalue weighted by molar-refractivity contribution is 0.936. The lowest BCUT2D eigenvalue weighted by atomic mass is 10.2. The van der Waals surface area contributed by atoms with Crippen LogP contribution in [-0.4, -0.2) is 19.6 Å². The number of hydrogen-bond acceptors (Lipinski definition) is 5. The highest BCUT2D eigenvalue weighted by Crippen LogP contribution is 2.17. The van der Waals surface area contributed by atoms with E-state index in [1.807, 2.05) is 24.3 Å². The maximum Gasteiger partial charge on any atom is 0.291 e. The van der Waals surface area contributed by atoms with Gasteiger partial charge in [0.2, 0.25) is 4.96 Å². The minimum Gasteiger partial charge on any atom is -0.266 e. The first-order chi connectivity index (χ1) is 11.2. The topological polar surface area (TPSA) is 60.2 Å². The molecule has 0 N–H and O–H groups in total. The van der Waals surface area contributed by atoms with E-state index in [2.05, 4.69) is 15.1 Å². The molecule has 4 aromatic rings. The number of fused-ring (bicyclic) bond motifs is 1. The van der Waals surface area contributed by atoms with Crippen LogP contribution < -0.4 is 10.1 Å². The smallest absolute Gasteiger partial charge is 0.266 e. The maximum atomic E-state index is 12.5. The van der Waals surface area contributed by atoms with Crippen LogP contribution in [0, 0.1) is 0 Å². The van der Waals surface area contributed by atoms with E-state index in [-0.39, 0.29) is 5.56 Å². The molecule has 3 heterocycles. The van der Waals surface area contributed by atoms with Crippen LogP contribution >= 0.6 is 22.9 Å². The molecule has 0 unspecified atom stereocenters. The summed E-state index contributed by atoms with van der Waals surface area (Å²) in [6, 6.07) is 11.0. The van der Waals surface area contributed by atoms with Crippen molar-refractivity contribution in [2.24, 2.45) is 0 Å². The molecular formula is C16H9ClN4OS. The fourth-order valence-corrected chi connectivity index (χ4v) is 3.27. The zero-order valence-corrected chi connectivity index (χ0v) is 13.3. The first-order valence-electron chi connectivity index (χ1n) is 6.78. The van der Waals surface area contributed by atoms with Gasteiger partial charge in [0.05, 0.1) is 4.53 Å². The number of hydrogen-bond donors (Lipinski definition) is 0. The molecule has 7 heteroatoms. The van der Waals surface area contributed by atoms with E-state index in [1.54, 1.807) is 30.6 Å². The van der Waals surface area contributed by atoms with Gasteiger partial charge < -0.3 is 0 Å². The standard InChI is InChI=1S/C16H9ClN4OS/c17-12-6-2-1-4-10(12)8-13-15(22)21-16(23-13)19-14(20-21)11-5-3-7-18-9-11/h1-9H. The third-order valence-electron chi connectivity index (χ3n) is 3.29. The van der Waals surface area contributed by atoms with Crippen molar-refractivity contribution >= 4 is 34.0 Å². The van der Waals surface area contributed by atoms with Crippen LogP contribution in [0.1, 0.15) is 5.56 Å². The first kappa shape index (κ1) is 14.0. The summed E-state index contributed by atoms with van der Waals surface area (Å²) >= 11 is 7.42. The average molecular weight is 341 g/mol. The molecule has 0 amide bonds. The van der Waals surface area contributed by atoms with Crippen LogP contribution in [0.25, 0.3) is 22.4 Å². The predicted octanol–water partition coefficient (Wildman–Crippen LogP) is 2.41. The molecule has 5 nitrogen and oxygen atoms in total. The van der Waals surface area contributed by atoms with Crippen molar-refractivity contribution in [2.75, 3.05) is 0 Å². The Morgan fingerprint density at radius 1 is 1.17 bits per heavy atom. The van der Waals surface area contributed by atoms with Gasteiger partial charge in [-0.2, -0.15) is 9.50 Å². The van der Waals surface area contributed by atoms with Gasteiger partial charge in [-0.25, -0.2) is 0 Å². The Morgan fingerprint density at radius 3 is 2.78 bits per heavy atom. The number of pyridine rings is 1. The summed E-state index contributed by atoms with van der Waals surface area (Å²) in [5.74, 6) is 0.491. The van der Waals surface area contributed by atoms with Crippen molar-refractivity contribution in [3.05, 3.63) is 74.3 Å². The number of nitrogens with zero attached hydrogens (tertiary/aromatic N) is 4. The van der Waals surface area contributed by atoms with Gasteiger partial charge in [-0.3, -0.25) is 9.78 Å². The van der Waals surface area contributed by atoms with Gasteiger partial charge in [0.25, 0.3) is 5.56 Å². The highest BCUT2D eigenvalue weighted by Gasteiger charge is 2.12. The molecule has 0 aliphatic rings. The normalized spacial score (nSPS) is 12.1. The minimum atomic E-state index is -0.201.